The van der Waals surface area contributed by atoms with E-state index in [-0.39, 0.29) is 0 Å². The van der Waals surface area contributed by atoms with Crippen molar-refractivity contribution in [3.63, 3.8) is 0 Å². The Hall–Kier alpha value is -1.17. The molecule has 1 N–H and O–H groups in total. The zero-order valence-corrected chi connectivity index (χ0v) is 13.1. The molecule has 0 aliphatic heterocycles. The van der Waals surface area contributed by atoms with Gasteiger partial charge in [-0.15, -0.1) is 0 Å². The summed E-state index contributed by atoms with van der Waals surface area (Å²) in [5.74, 6) is 0. The molecule has 5 heteroatoms. The van der Waals surface area contributed by atoms with E-state index in [0.717, 1.165) is 19.6 Å². The molecule has 0 aliphatic carbocycles. The number of hydrogen-bond acceptors (Lipinski definition) is 5. The molecular weight excluding hydrogens is 254 g/mol. The van der Waals surface area contributed by atoms with Gasteiger partial charge in [-0.1, -0.05) is 13.8 Å². The van der Waals surface area contributed by atoms with Crippen LogP contribution in [-0.4, -0.2) is 51.5 Å². The number of nitrogens with one attached hydrogen (secondary N) is 1. The van der Waals surface area contributed by atoms with E-state index >= 15 is 0 Å². The van der Waals surface area contributed by atoms with Crippen molar-refractivity contribution in [2.75, 3.05) is 45.4 Å². The lowest BCUT2D eigenvalue weighted by Crippen LogP contribution is -2.32. The lowest BCUT2D eigenvalue weighted by molar-refractivity contribution is 0.190. The molecule has 0 aromatic carbocycles. The van der Waals surface area contributed by atoms with E-state index in [4.69, 9.17) is 9.47 Å². The molecule has 0 saturated carbocycles. The van der Waals surface area contributed by atoms with Crippen LogP contribution in [0.25, 0.3) is 0 Å². The van der Waals surface area contributed by atoms with Crippen molar-refractivity contribution in [3.05, 3.63) is 24.0 Å². The predicted octanol–water partition coefficient (Wildman–Crippen LogP) is 1.68. The Balaban J connectivity index is 2.81. The molecule has 0 aliphatic rings. The van der Waals surface area contributed by atoms with E-state index in [0.29, 0.717) is 19.3 Å². The number of methoxy groups -OCH3 is 2. The molecule has 1 aromatic rings. The molecule has 0 bridgehead atoms. The third-order valence-corrected chi connectivity index (χ3v) is 3.05. The van der Waals surface area contributed by atoms with E-state index in [9.17, 15) is 0 Å². The molecule has 114 valence electrons. The molecule has 0 atom stereocenters. The zero-order chi connectivity index (χ0) is 14.8. The van der Waals surface area contributed by atoms with Gasteiger partial charge in [-0.05, 0) is 6.07 Å². The van der Waals surface area contributed by atoms with Gasteiger partial charge in [0.05, 0.1) is 13.2 Å². The van der Waals surface area contributed by atoms with Crippen molar-refractivity contribution >= 4 is 5.69 Å². The normalized spacial score (nSPS) is 11.1. The summed E-state index contributed by atoms with van der Waals surface area (Å²) in [7, 11) is 3.45. The van der Waals surface area contributed by atoms with Crippen LogP contribution in [-0.2, 0) is 16.0 Å². The highest BCUT2D eigenvalue weighted by Gasteiger charge is 2.11. The Morgan fingerprint density at radius 2 is 1.85 bits per heavy atom. The number of hydrogen-bond donors (Lipinski definition) is 1. The van der Waals surface area contributed by atoms with Gasteiger partial charge >= 0.3 is 0 Å². The minimum Gasteiger partial charge on any atom is -0.383 e. The predicted molar refractivity (Wildman–Crippen MR) is 82.2 cm³/mol. The van der Waals surface area contributed by atoms with Crippen LogP contribution in [0.5, 0.6) is 0 Å². The maximum atomic E-state index is 5.20. The fourth-order valence-electron chi connectivity index (χ4n) is 1.93. The van der Waals surface area contributed by atoms with E-state index in [1.54, 1.807) is 14.2 Å². The monoisotopic (exact) mass is 281 g/mol. The Kier molecular flexibility index (Phi) is 8.18. The second kappa shape index (κ2) is 9.69. The second-order valence-corrected chi connectivity index (χ2v) is 5.01. The van der Waals surface area contributed by atoms with Gasteiger partial charge in [0.2, 0.25) is 0 Å². The minimum atomic E-state index is 0.453. The first kappa shape index (κ1) is 16.9. The van der Waals surface area contributed by atoms with Gasteiger partial charge < -0.3 is 19.7 Å². The minimum absolute atomic E-state index is 0.453. The molecule has 0 unspecified atom stereocenters. The van der Waals surface area contributed by atoms with Gasteiger partial charge in [0.15, 0.2) is 0 Å². The Morgan fingerprint density at radius 3 is 2.40 bits per heavy atom. The van der Waals surface area contributed by atoms with Crippen LogP contribution in [0.3, 0.4) is 0 Å². The number of pyridine rings is 1. The Morgan fingerprint density at radius 1 is 1.20 bits per heavy atom. The topological polar surface area (TPSA) is 46.6 Å². The zero-order valence-electron chi connectivity index (χ0n) is 13.1. The molecule has 0 saturated heterocycles. The number of rotatable bonds is 10. The highest BCUT2D eigenvalue weighted by molar-refractivity contribution is 5.52. The smallest absolute Gasteiger partial charge is 0.0637 e. The van der Waals surface area contributed by atoms with E-state index in [2.05, 4.69) is 35.1 Å². The Labute approximate surface area is 122 Å². The highest BCUT2D eigenvalue weighted by Crippen LogP contribution is 2.19. The summed E-state index contributed by atoms with van der Waals surface area (Å²) in [6.45, 7) is 8.19. The molecule has 1 rings (SSSR count). The number of ether oxygens (including phenoxy) is 2. The van der Waals surface area contributed by atoms with Crippen LogP contribution in [0, 0.1) is 0 Å². The molecule has 0 amide bonds. The molecular formula is C15H27N3O2. The summed E-state index contributed by atoms with van der Waals surface area (Å²) in [5.41, 5.74) is 2.40. The van der Waals surface area contributed by atoms with Crippen LogP contribution in [0.4, 0.5) is 5.69 Å². The van der Waals surface area contributed by atoms with Crippen molar-refractivity contribution in [2.45, 2.75) is 26.4 Å². The summed E-state index contributed by atoms with van der Waals surface area (Å²) in [4.78, 5) is 6.52. The molecule has 0 spiro atoms. The van der Waals surface area contributed by atoms with Crippen LogP contribution in [0.15, 0.2) is 18.5 Å². The van der Waals surface area contributed by atoms with Gasteiger partial charge in [0, 0.05) is 63.5 Å². The molecule has 1 heterocycles. The third-order valence-electron chi connectivity index (χ3n) is 3.05. The molecule has 5 nitrogen and oxygen atoms in total. The first-order chi connectivity index (χ1) is 9.69. The quantitative estimate of drug-likeness (QED) is 0.707. The van der Waals surface area contributed by atoms with Gasteiger partial charge in [0.25, 0.3) is 0 Å². The van der Waals surface area contributed by atoms with Crippen molar-refractivity contribution in [3.8, 4) is 0 Å². The van der Waals surface area contributed by atoms with E-state index in [1.807, 2.05) is 12.4 Å². The number of nitrogens with zero attached hydrogens (tertiary/aromatic N) is 2. The van der Waals surface area contributed by atoms with Gasteiger partial charge in [-0.2, -0.15) is 0 Å². The average molecular weight is 281 g/mol. The maximum Gasteiger partial charge on any atom is 0.0637 e. The average Bonchev–Trinajstić information content (AvgIpc) is 2.46. The van der Waals surface area contributed by atoms with Crippen molar-refractivity contribution in [1.82, 2.24) is 10.3 Å². The largest absolute Gasteiger partial charge is 0.383 e. The summed E-state index contributed by atoms with van der Waals surface area (Å²) in [6.07, 6.45) is 3.76. The van der Waals surface area contributed by atoms with E-state index in [1.165, 1.54) is 11.3 Å². The third kappa shape index (κ3) is 5.86. The van der Waals surface area contributed by atoms with Crippen molar-refractivity contribution < 1.29 is 9.47 Å². The van der Waals surface area contributed by atoms with Gasteiger partial charge in [-0.3, -0.25) is 4.98 Å². The van der Waals surface area contributed by atoms with E-state index < -0.39 is 0 Å². The second-order valence-electron chi connectivity index (χ2n) is 5.01. The summed E-state index contributed by atoms with van der Waals surface area (Å²) >= 11 is 0. The number of anilines is 1. The first-order valence-electron chi connectivity index (χ1n) is 7.08. The summed E-state index contributed by atoms with van der Waals surface area (Å²) in [6, 6.07) is 2.51. The molecule has 1 aromatic heterocycles. The fourth-order valence-corrected chi connectivity index (χ4v) is 1.93. The number of aromatic nitrogens is 1. The first-order valence-corrected chi connectivity index (χ1v) is 7.08. The standard InChI is InChI=1S/C15H27N3O2/c1-13(2)17-12-14-11-16-6-5-15(14)18(7-9-19-3)8-10-20-4/h5-6,11,13,17H,7-10,12H2,1-4H3. The molecule has 0 fully saturated rings. The van der Waals surface area contributed by atoms with Crippen molar-refractivity contribution in [1.29, 1.82) is 0 Å². The SMILES string of the molecule is COCCN(CCOC)c1ccncc1CNC(C)C. The maximum absolute atomic E-state index is 5.20. The Bertz CT molecular complexity index is 364. The lowest BCUT2D eigenvalue weighted by atomic mass is 10.2. The molecule has 0 radical (unpaired) electrons. The van der Waals surface area contributed by atoms with Gasteiger partial charge in [-0.25, -0.2) is 0 Å². The van der Waals surface area contributed by atoms with Crippen molar-refractivity contribution in [2.24, 2.45) is 0 Å². The summed E-state index contributed by atoms with van der Waals surface area (Å²) < 4.78 is 10.4. The highest BCUT2D eigenvalue weighted by atomic mass is 16.5. The van der Waals surface area contributed by atoms with Crippen LogP contribution in [0.2, 0.25) is 0 Å². The van der Waals surface area contributed by atoms with Crippen LogP contribution >= 0.6 is 0 Å². The summed E-state index contributed by atoms with van der Waals surface area (Å²) in [5, 5.41) is 3.44. The fraction of sp³-hybridized carbons (Fsp3) is 0.667. The van der Waals surface area contributed by atoms with Crippen LogP contribution < -0.4 is 10.2 Å². The molecule has 20 heavy (non-hydrogen) atoms. The van der Waals surface area contributed by atoms with Gasteiger partial charge in [0.1, 0.15) is 0 Å². The van der Waals surface area contributed by atoms with Crippen LogP contribution in [0.1, 0.15) is 19.4 Å². The lowest BCUT2D eigenvalue weighted by Gasteiger charge is -2.26.